The molecule has 0 spiro atoms. The molecule has 0 radical (unpaired) electrons. The Bertz CT molecular complexity index is 796. The first-order valence-electron chi connectivity index (χ1n) is 7.51. The predicted molar refractivity (Wildman–Crippen MR) is 97.5 cm³/mol. The number of benzene rings is 1. The van der Waals surface area contributed by atoms with Crippen LogP contribution in [0.25, 0.3) is 0 Å². The van der Waals surface area contributed by atoms with Gasteiger partial charge >= 0.3 is 0 Å². The normalized spacial score (nSPS) is 16.3. The van der Waals surface area contributed by atoms with Crippen molar-refractivity contribution in [3.63, 3.8) is 0 Å². The number of halogens is 1. The summed E-state index contributed by atoms with van der Waals surface area (Å²) >= 11 is 4.87. The molecule has 1 amide bonds. The van der Waals surface area contributed by atoms with Gasteiger partial charge in [0, 0.05) is 30.7 Å². The Morgan fingerprint density at radius 3 is 2.33 bits per heavy atom. The quantitative estimate of drug-likeness (QED) is 0.751. The van der Waals surface area contributed by atoms with Crippen LogP contribution in [0.15, 0.2) is 50.5 Å². The largest absolute Gasteiger partial charge is 0.340 e. The second kappa shape index (κ2) is 7.35. The fourth-order valence-corrected chi connectivity index (χ4v) is 4.97. The van der Waals surface area contributed by atoms with E-state index in [1.807, 2.05) is 16.8 Å². The van der Waals surface area contributed by atoms with Gasteiger partial charge in [0.1, 0.15) is 0 Å². The molecule has 1 aliphatic rings. The van der Waals surface area contributed by atoms with Crippen LogP contribution in [0.2, 0.25) is 0 Å². The number of rotatable bonds is 4. The van der Waals surface area contributed by atoms with Crippen LogP contribution in [0.5, 0.6) is 0 Å². The summed E-state index contributed by atoms with van der Waals surface area (Å²) in [4.78, 5) is 14.3. The topological polar surface area (TPSA) is 57.7 Å². The number of hydrogen-bond donors (Lipinski definition) is 0. The van der Waals surface area contributed by atoms with E-state index in [9.17, 15) is 13.2 Å². The van der Waals surface area contributed by atoms with Crippen molar-refractivity contribution in [3.8, 4) is 0 Å². The molecule has 0 saturated carbocycles. The lowest BCUT2D eigenvalue weighted by molar-refractivity contribution is -0.131. The lowest BCUT2D eigenvalue weighted by Crippen LogP contribution is -2.50. The van der Waals surface area contributed by atoms with E-state index in [1.54, 1.807) is 40.5 Å². The maximum Gasteiger partial charge on any atom is 0.243 e. The molecule has 0 aliphatic carbocycles. The Morgan fingerprint density at radius 1 is 1.08 bits per heavy atom. The second-order valence-electron chi connectivity index (χ2n) is 5.55. The Kier molecular flexibility index (Phi) is 5.39. The van der Waals surface area contributed by atoms with Crippen molar-refractivity contribution >= 4 is 43.2 Å². The Morgan fingerprint density at radius 2 is 1.75 bits per heavy atom. The van der Waals surface area contributed by atoms with E-state index in [0.29, 0.717) is 32.6 Å². The molecule has 128 valence electrons. The molecular formula is C16H17BrN2O3S2. The lowest BCUT2D eigenvalue weighted by atomic mass is 10.2. The van der Waals surface area contributed by atoms with Gasteiger partial charge in [0.05, 0.1) is 11.3 Å². The average molecular weight is 429 g/mol. The number of amides is 1. The third kappa shape index (κ3) is 3.88. The smallest absolute Gasteiger partial charge is 0.243 e. The van der Waals surface area contributed by atoms with Gasteiger partial charge in [-0.25, -0.2) is 8.42 Å². The van der Waals surface area contributed by atoms with Gasteiger partial charge in [-0.05, 0) is 46.7 Å². The van der Waals surface area contributed by atoms with Crippen LogP contribution in [0.3, 0.4) is 0 Å². The zero-order valence-corrected chi connectivity index (χ0v) is 16.1. The Labute approximate surface area is 154 Å². The molecule has 0 N–H and O–H groups in total. The lowest BCUT2D eigenvalue weighted by Gasteiger charge is -2.34. The van der Waals surface area contributed by atoms with Crippen LogP contribution in [0, 0.1) is 0 Å². The van der Waals surface area contributed by atoms with Gasteiger partial charge in [0.2, 0.25) is 15.9 Å². The highest BCUT2D eigenvalue weighted by Gasteiger charge is 2.30. The molecule has 8 heteroatoms. The number of thiophene rings is 1. The van der Waals surface area contributed by atoms with E-state index in [2.05, 4.69) is 15.9 Å². The SMILES string of the molecule is O=C(Cc1ccsc1)N1CCN(S(=O)(=O)c2ccc(Br)cc2)CC1. The Balaban J connectivity index is 1.62. The monoisotopic (exact) mass is 428 g/mol. The molecule has 0 atom stereocenters. The first kappa shape index (κ1) is 17.6. The summed E-state index contributed by atoms with van der Waals surface area (Å²) in [7, 11) is -3.50. The summed E-state index contributed by atoms with van der Waals surface area (Å²) in [5, 5.41) is 3.91. The highest BCUT2D eigenvalue weighted by molar-refractivity contribution is 9.10. The van der Waals surface area contributed by atoms with Crippen LogP contribution < -0.4 is 0 Å². The maximum atomic E-state index is 12.6. The highest BCUT2D eigenvalue weighted by Crippen LogP contribution is 2.20. The summed E-state index contributed by atoms with van der Waals surface area (Å²) in [6.07, 6.45) is 0.378. The first-order chi connectivity index (χ1) is 11.5. The molecule has 2 heterocycles. The molecule has 0 bridgehead atoms. The average Bonchev–Trinajstić information content (AvgIpc) is 3.08. The zero-order valence-electron chi connectivity index (χ0n) is 12.9. The minimum absolute atomic E-state index is 0.0501. The number of hydrogen-bond acceptors (Lipinski definition) is 4. The van der Waals surface area contributed by atoms with Gasteiger partial charge < -0.3 is 4.90 Å². The van der Waals surface area contributed by atoms with Crippen LogP contribution >= 0.6 is 27.3 Å². The van der Waals surface area contributed by atoms with E-state index in [4.69, 9.17) is 0 Å². The Hall–Kier alpha value is -1.22. The number of carbonyl (C=O) groups is 1. The molecular weight excluding hydrogens is 412 g/mol. The van der Waals surface area contributed by atoms with E-state index in [0.717, 1.165) is 10.0 Å². The van der Waals surface area contributed by atoms with Crippen LogP contribution in [0.4, 0.5) is 0 Å². The highest BCUT2D eigenvalue weighted by atomic mass is 79.9. The van der Waals surface area contributed by atoms with Crippen molar-refractivity contribution in [2.45, 2.75) is 11.3 Å². The summed E-state index contributed by atoms with van der Waals surface area (Å²) < 4.78 is 27.6. The maximum absolute atomic E-state index is 12.6. The van der Waals surface area contributed by atoms with Crippen molar-refractivity contribution in [3.05, 3.63) is 51.1 Å². The van der Waals surface area contributed by atoms with Crippen molar-refractivity contribution in [2.75, 3.05) is 26.2 Å². The van der Waals surface area contributed by atoms with Crippen LogP contribution in [0.1, 0.15) is 5.56 Å². The van der Waals surface area contributed by atoms with Gasteiger partial charge in [-0.3, -0.25) is 4.79 Å². The third-order valence-electron chi connectivity index (χ3n) is 3.98. The fourth-order valence-electron chi connectivity index (χ4n) is 2.61. The molecule has 0 unspecified atom stereocenters. The molecule has 1 aromatic heterocycles. The third-order valence-corrected chi connectivity index (χ3v) is 7.15. The molecule has 24 heavy (non-hydrogen) atoms. The van der Waals surface area contributed by atoms with Gasteiger partial charge in [0.15, 0.2) is 0 Å². The molecule has 2 aromatic rings. The molecule has 1 aliphatic heterocycles. The summed E-state index contributed by atoms with van der Waals surface area (Å²) in [6, 6.07) is 8.55. The number of piperazine rings is 1. The first-order valence-corrected chi connectivity index (χ1v) is 10.7. The zero-order chi connectivity index (χ0) is 17.2. The molecule has 1 fully saturated rings. The van der Waals surface area contributed by atoms with Crippen LogP contribution in [-0.2, 0) is 21.2 Å². The number of sulfonamides is 1. The second-order valence-corrected chi connectivity index (χ2v) is 9.18. The van der Waals surface area contributed by atoms with E-state index in [-0.39, 0.29) is 10.8 Å². The summed E-state index contributed by atoms with van der Waals surface area (Å²) in [6.45, 7) is 1.51. The van der Waals surface area contributed by atoms with Gasteiger partial charge in [-0.1, -0.05) is 15.9 Å². The molecule has 3 rings (SSSR count). The summed E-state index contributed by atoms with van der Waals surface area (Å²) in [5.41, 5.74) is 1.01. The van der Waals surface area contributed by atoms with Crippen molar-refractivity contribution in [1.82, 2.24) is 9.21 Å². The van der Waals surface area contributed by atoms with Crippen molar-refractivity contribution in [2.24, 2.45) is 0 Å². The molecule has 1 saturated heterocycles. The van der Waals surface area contributed by atoms with Gasteiger partial charge in [0.25, 0.3) is 0 Å². The van der Waals surface area contributed by atoms with Crippen LogP contribution in [-0.4, -0.2) is 49.7 Å². The summed E-state index contributed by atoms with van der Waals surface area (Å²) in [5.74, 6) is 0.0501. The van der Waals surface area contributed by atoms with Gasteiger partial charge in [-0.15, -0.1) is 0 Å². The van der Waals surface area contributed by atoms with E-state index >= 15 is 0 Å². The predicted octanol–water partition coefficient (Wildman–Crippen LogP) is 2.59. The number of nitrogens with zero attached hydrogens (tertiary/aromatic N) is 2. The standard InChI is InChI=1S/C16H17BrN2O3S2/c17-14-1-3-15(4-2-14)24(21,22)19-8-6-18(7-9-19)16(20)11-13-5-10-23-12-13/h1-5,10,12H,6-9,11H2. The van der Waals surface area contributed by atoms with Crippen molar-refractivity contribution < 1.29 is 13.2 Å². The van der Waals surface area contributed by atoms with E-state index in [1.165, 1.54) is 4.31 Å². The fraction of sp³-hybridized carbons (Fsp3) is 0.312. The minimum atomic E-state index is -3.50. The minimum Gasteiger partial charge on any atom is -0.340 e. The van der Waals surface area contributed by atoms with E-state index < -0.39 is 10.0 Å². The van der Waals surface area contributed by atoms with Gasteiger partial charge in [-0.2, -0.15) is 15.6 Å². The molecule has 1 aromatic carbocycles. The molecule has 5 nitrogen and oxygen atoms in total. The van der Waals surface area contributed by atoms with Crippen molar-refractivity contribution in [1.29, 1.82) is 0 Å². The number of carbonyl (C=O) groups excluding carboxylic acids is 1.